The summed E-state index contributed by atoms with van der Waals surface area (Å²) in [5.41, 5.74) is -1.61. The van der Waals surface area contributed by atoms with Crippen LogP contribution in [0.4, 0.5) is 0 Å². The highest BCUT2D eigenvalue weighted by Crippen LogP contribution is 2.50. The van der Waals surface area contributed by atoms with Crippen LogP contribution in [0.25, 0.3) is 0 Å². The lowest BCUT2D eigenvalue weighted by Gasteiger charge is -2.51. The van der Waals surface area contributed by atoms with Crippen LogP contribution in [-0.2, 0) is 19.1 Å². The maximum Gasteiger partial charge on any atom is 0.309 e. The zero-order valence-electron chi connectivity index (χ0n) is 14.9. The Morgan fingerprint density at radius 1 is 1.17 bits per heavy atom. The maximum absolute atomic E-state index is 12.1. The molecule has 0 bridgehead atoms. The second kappa shape index (κ2) is 9.02. The third-order valence-corrected chi connectivity index (χ3v) is 5.04. The SMILES string of the molecule is C=CCOC(=O)CCC1CCCC(C)(C)C1(O)CC(=O)OCC=C. The van der Waals surface area contributed by atoms with Gasteiger partial charge in [-0.3, -0.25) is 9.59 Å². The van der Waals surface area contributed by atoms with Gasteiger partial charge in [0, 0.05) is 6.42 Å². The van der Waals surface area contributed by atoms with Crippen LogP contribution in [-0.4, -0.2) is 35.9 Å². The van der Waals surface area contributed by atoms with Gasteiger partial charge in [-0.2, -0.15) is 0 Å². The number of hydrogen-bond donors (Lipinski definition) is 1. The molecule has 0 aliphatic heterocycles. The van der Waals surface area contributed by atoms with Crippen molar-refractivity contribution in [2.45, 2.75) is 58.0 Å². The van der Waals surface area contributed by atoms with Crippen LogP contribution in [0.1, 0.15) is 52.4 Å². The summed E-state index contributed by atoms with van der Waals surface area (Å²) in [6.07, 6.45) is 6.24. The van der Waals surface area contributed by atoms with Gasteiger partial charge < -0.3 is 14.6 Å². The van der Waals surface area contributed by atoms with Crippen molar-refractivity contribution < 1.29 is 24.2 Å². The van der Waals surface area contributed by atoms with Crippen LogP contribution < -0.4 is 0 Å². The van der Waals surface area contributed by atoms with E-state index in [4.69, 9.17) is 9.47 Å². The van der Waals surface area contributed by atoms with Crippen LogP contribution in [0.5, 0.6) is 0 Å². The predicted octanol–water partition coefficient (Wildman–Crippen LogP) is 3.17. The van der Waals surface area contributed by atoms with E-state index in [0.29, 0.717) is 6.42 Å². The van der Waals surface area contributed by atoms with E-state index in [9.17, 15) is 14.7 Å². The zero-order valence-corrected chi connectivity index (χ0v) is 14.9. The highest BCUT2D eigenvalue weighted by molar-refractivity contribution is 5.71. The Balaban J connectivity index is 2.78. The Morgan fingerprint density at radius 3 is 2.33 bits per heavy atom. The summed E-state index contributed by atoms with van der Waals surface area (Å²) in [5, 5.41) is 11.3. The third-order valence-electron chi connectivity index (χ3n) is 5.04. The average Bonchev–Trinajstić information content (AvgIpc) is 2.52. The molecule has 0 spiro atoms. The number of carbonyl (C=O) groups excluding carboxylic acids is 2. The van der Waals surface area contributed by atoms with E-state index < -0.39 is 17.0 Å². The average molecular weight is 338 g/mol. The van der Waals surface area contributed by atoms with Gasteiger partial charge >= 0.3 is 11.9 Å². The minimum Gasteiger partial charge on any atom is -0.461 e. The first kappa shape index (κ1) is 20.4. The Bertz CT molecular complexity index is 468. The van der Waals surface area contributed by atoms with E-state index in [-0.39, 0.29) is 37.9 Å². The van der Waals surface area contributed by atoms with Gasteiger partial charge in [-0.25, -0.2) is 0 Å². The topological polar surface area (TPSA) is 72.8 Å². The van der Waals surface area contributed by atoms with Crippen molar-refractivity contribution in [2.24, 2.45) is 11.3 Å². The third kappa shape index (κ3) is 5.20. The molecule has 0 heterocycles. The number of aliphatic hydroxyl groups is 1. The van der Waals surface area contributed by atoms with Crippen molar-refractivity contribution in [2.75, 3.05) is 13.2 Å². The molecule has 24 heavy (non-hydrogen) atoms. The Hall–Kier alpha value is -1.62. The van der Waals surface area contributed by atoms with Crippen molar-refractivity contribution in [3.8, 4) is 0 Å². The minimum atomic E-state index is -1.19. The predicted molar refractivity (Wildman–Crippen MR) is 92.2 cm³/mol. The summed E-state index contributed by atoms with van der Waals surface area (Å²) in [5.74, 6) is -0.893. The van der Waals surface area contributed by atoms with Gasteiger partial charge in [-0.1, -0.05) is 45.6 Å². The molecule has 2 unspecified atom stereocenters. The van der Waals surface area contributed by atoms with Crippen molar-refractivity contribution in [1.82, 2.24) is 0 Å². The highest BCUT2D eigenvalue weighted by atomic mass is 16.5. The highest BCUT2D eigenvalue weighted by Gasteiger charge is 2.52. The number of ether oxygens (including phenoxy) is 2. The molecule has 1 aliphatic rings. The molecule has 5 heteroatoms. The van der Waals surface area contributed by atoms with Gasteiger partial charge in [0.25, 0.3) is 0 Å². The van der Waals surface area contributed by atoms with Crippen LogP contribution in [0.2, 0.25) is 0 Å². The maximum atomic E-state index is 12.1. The largest absolute Gasteiger partial charge is 0.461 e. The number of carbonyl (C=O) groups is 2. The van der Waals surface area contributed by atoms with Gasteiger partial charge in [0.05, 0.1) is 12.0 Å². The van der Waals surface area contributed by atoms with E-state index in [2.05, 4.69) is 13.2 Å². The molecule has 136 valence electrons. The van der Waals surface area contributed by atoms with Gasteiger partial charge in [0.1, 0.15) is 13.2 Å². The first-order chi connectivity index (χ1) is 11.3. The smallest absolute Gasteiger partial charge is 0.309 e. The molecule has 0 aromatic heterocycles. The molecule has 1 aliphatic carbocycles. The first-order valence-electron chi connectivity index (χ1n) is 8.52. The van der Waals surface area contributed by atoms with Crippen LogP contribution in [0.3, 0.4) is 0 Å². The Kier molecular flexibility index (Phi) is 7.67. The summed E-state index contributed by atoms with van der Waals surface area (Å²) < 4.78 is 10.1. The molecule has 5 nitrogen and oxygen atoms in total. The quantitative estimate of drug-likeness (QED) is 0.516. The van der Waals surface area contributed by atoms with E-state index in [1.807, 2.05) is 13.8 Å². The molecule has 0 amide bonds. The van der Waals surface area contributed by atoms with Crippen LogP contribution >= 0.6 is 0 Å². The monoisotopic (exact) mass is 338 g/mol. The normalized spacial score (nSPS) is 25.5. The molecular formula is C19H30O5. The van der Waals surface area contributed by atoms with E-state index >= 15 is 0 Å². The summed E-state index contributed by atoms with van der Waals surface area (Å²) in [7, 11) is 0. The molecule has 1 fully saturated rings. The first-order valence-corrected chi connectivity index (χ1v) is 8.52. The Labute approximate surface area is 144 Å². The number of esters is 2. The van der Waals surface area contributed by atoms with Crippen LogP contribution in [0, 0.1) is 11.3 Å². The molecule has 1 rings (SSSR count). The van der Waals surface area contributed by atoms with Gasteiger partial charge in [-0.05, 0) is 30.6 Å². The molecule has 1 saturated carbocycles. The number of hydrogen-bond acceptors (Lipinski definition) is 5. The number of rotatable bonds is 9. The van der Waals surface area contributed by atoms with Crippen molar-refractivity contribution >= 4 is 11.9 Å². The van der Waals surface area contributed by atoms with Crippen molar-refractivity contribution in [1.29, 1.82) is 0 Å². The van der Waals surface area contributed by atoms with E-state index in [1.54, 1.807) is 0 Å². The summed E-state index contributed by atoms with van der Waals surface area (Å²) >= 11 is 0. The lowest BCUT2D eigenvalue weighted by molar-refractivity contribution is -0.173. The fraction of sp³-hybridized carbons (Fsp3) is 0.684. The van der Waals surface area contributed by atoms with Crippen LogP contribution in [0.15, 0.2) is 25.3 Å². The molecule has 0 aromatic carbocycles. The molecule has 0 saturated heterocycles. The lowest BCUT2D eigenvalue weighted by Crippen LogP contribution is -2.54. The molecule has 0 aromatic rings. The van der Waals surface area contributed by atoms with E-state index in [1.165, 1.54) is 12.2 Å². The fourth-order valence-electron chi connectivity index (χ4n) is 3.50. The van der Waals surface area contributed by atoms with Gasteiger partial charge in [-0.15, -0.1) is 0 Å². The van der Waals surface area contributed by atoms with Gasteiger partial charge in [0.2, 0.25) is 0 Å². The molecule has 2 atom stereocenters. The van der Waals surface area contributed by atoms with Gasteiger partial charge in [0.15, 0.2) is 0 Å². The summed E-state index contributed by atoms with van der Waals surface area (Å²) in [4.78, 5) is 23.8. The van der Waals surface area contributed by atoms with Crippen molar-refractivity contribution in [3.05, 3.63) is 25.3 Å². The summed E-state index contributed by atoms with van der Waals surface area (Å²) in [6.45, 7) is 11.3. The molecule has 0 radical (unpaired) electrons. The zero-order chi connectivity index (χ0) is 18.2. The lowest BCUT2D eigenvalue weighted by atomic mass is 9.58. The minimum absolute atomic E-state index is 0.0692. The standard InChI is InChI=1S/C19H30O5/c1-5-12-23-16(20)10-9-15-8-7-11-18(3,4)19(15,22)14-17(21)24-13-6-2/h5-6,15,22H,1-2,7-14H2,3-4H3. The van der Waals surface area contributed by atoms with Crippen molar-refractivity contribution in [3.63, 3.8) is 0 Å². The van der Waals surface area contributed by atoms with E-state index in [0.717, 1.165) is 19.3 Å². The molecular weight excluding hydrogens is 308 g/mol. The molecule has 1 N–H and O–H groups in total. The summed E-state index contributed by atoms with van der Waals surface area (Å²) in [6, 6.07) is 0. The second-order valence-corrected chi connectivity index (χ2v) is 7.06. The second-order valence-electron chi connectivity index (χ2n) is 7.06. The Morgan fingerprint density at radius 2 is 1.75 bits per heavy atom. The fourth-order valence-corrected chi connectivity index (χ4v) is 3.50.